The molecule has 19 nitrogen and oxygen atoms in total. The number of aliphatic hydroxyl groups is 13. The van der Waals surface area contributed by atoms with Crippen LogP contribution in [0.4, 0.5) is 0 Å². The molecule has 382 valence electrons. The first kappa shape index (κ1) is 51.6. The van der Waals surface area contributed by atoms with Gasteiger partial charge in [0, 0.05) is 0 Å². The summed E-state index contributed by atoms with van der Waals surface area (Å²) >= 11 is 0. The average molecular weight is 949 g/mol. The largest absolute Gasteiger partial charge is 0.394 e. The molecule has 8 fully saturated rings. The highest BCUT2D eigenvalue weighted by atomic mass is 16.7. The Morgan fingerprint density at radius 2 is 1.23 bits per heavy atom. The highest BCUT2D eigenvalue weighted by Crippen LogP contribution is 2.89. The van der Waals surface area contributed by atoms with E-state index in [0.29, 0.717) is 25.7 Å². The molecule has 26 atom stereocenters. The van der Waals surface area contributed by atoms with Gasteiger partial charge in [0.2, 0.25) is 0 Å². The summed E-state index contributed by atoms with van der Waals surface area (Å²) < 4.78 is 36.2. The summed E-state index contributed by atoms with van der Waals surface area (Å²) in [7, 11) is 0. The summed E-state index contributed by atoms with van der Waals surface area (Å²) in [6, 6.07) is 0. The van der Waals surface area contributed by atoms with Gasteiger partial charge >= 0.3 is 0 Å². The van der Waals surface area contributed by atoms with Gasteiger partial charge in [-0.05, 0) is 122 Å². The third kappa shape index (κ3) is 7.89. The molecule has 0 unspecified atom stereocenters. The minimum Gasteiger partial charge on any atom is -0.394 e. The molecule has 0 aromatic carbocycles. The minimum atomic E-state index is -1.73. The van der Waals surface area contributed by atoms with Crippen LogP contribution in [0.3, 0.4) is 0 Å². The first-order chi connectivity index (χ1) is 30.8. The quantitative estimate of drug-likeness (QED) is 0.0924. The Bertz CT molecular complexity index is 1700. The van der Waals surface area contributed by atoms with Gasteiger partial charge in [0.1, 0.15) is 67.1 Å². The van der Waals surface area contributed by atoms with Crippen molar-refractivity contribution >= 4 is 0 Å². The molecular formula is C47H80O19. The lowest BCUT2D eigenvalue weighted by Crippen LogP contribution is -2.63. The van der Waals surface area contributed by atoms with Crippen LogP contribution < -0.4 is 0 Å². The Morgan fingerprint density at radius 1 is 0.636 bits per heavy atom. The van der Waals surface area contributed by atoms with Crippen LogP contribution in [-0.2, 0) is 28.4 Å². The number of ether oxygens (including phenoxy) is 6. The van der Waals surface area contributed by atoms with E-state index in [0.717, 1.165) is 25.7 Å². The second kappa shape index (κ2) is 18.1. The SMILES string of the molecule is C[C@H](CC[C@H](O[C@@H]1O[C@H](CO)[C@@H](O)[C@H](O)[C@H]1O)C(C)(C)O[C@@H]1O[C@H](CO)[C@@H](O)[C@H](O)[C@H]1O)[C@H]1[C@@H](O)C[C@@]2(C)[C@@H]3C[C@H](O)[C@H]4C(C)(C)[C@@H](O[C@@H]5OC[C@@H](O)[C@H](O)[C@H]5O)CC[C@@]45C[C@@]35CC[C@]12C. The maximum atomic E-state index is 12.4. The third-order valence-corrected chi connectivity index (χ3v) is 19.5. The maximum absolute atomic E-state index is 12.4. The number of rotatable bonds is 13. The Balaban J connectivity index is 1.00. The van der Waals surface area contributed by atoms with Crippen molar-refractivity contribution in [2.45, 2.75) is 222 Å². The normalized spacial score (nSPS) is 54.4. The van der Waals surface area contributed by atoms with Crippen LogP contribution in [0.25, 0.3) is 0 Å². The van der Waals surface area contributed by atoms with Crippen LogP contribution in [-0.4, -0.2) is 202 Å². The molecule has 2 spiro atoms. The molecular weight excluding hydrogens is 868 g/mol. The predicted molar refractivity (Wildman–Crippen MR) is 228 cm³/mol. The van der Waals surface area contributed by atoms with Crippen molar-refractivity contribution in [2.24, 2.45) is 50.7 Å². The molecule has 0 radical (unpaired) electrons. The van der Waals surface area contributed by atoms with Gasteiger partial charge in [-0.3, -0.25) is 0 Å². The molecule has 13 N–H and O–H groups in total. The smallest absolute Gasteiger partial charge is 0.187 e. The maximum Gasteiger partial charge on any atom is 0.187 e. The number of aliphatic hydroxyl groups excluding tert-OH is 13. The average Bonchev–Trinajstić information content (AvgIpc) is 3.85. The van der Waals surface area contributed by atoms with E-state index in [4.69, 9.17) is 28.4 Å². The van der Waals surface area contributed by atoms with Gasteiger partial charge in [-0.15, -0.1) is 0 Å². The summed E-state index contributed by atoms with van der Waals surface area (Å²) in [6.45, 7) is 12.7. The van der Waals surface area contributed by atoms with Crippen molar-refractivity contribution < 1.29 is 94.8 Å². The molecule has 0 aromatic rings. The van der Waals surface area contributed by atoms with Gasteiger partial charge in [0.15, 0.2) is 18.9 Å². The lowest BCUT2D eigenvalue weighted by Gasteiger charge is -2.64. The number of fused-ring (bicyclic) bond motifs is 2. The zero-order chi connectivity index (χ0) is 48.4. The van der Waals surface area contributed by atoms with Crippen molar-refractivity contribution in [3.05, 3.63) is 0 Å². The summed E-state index contributed by atoms with van der Waals surface area (Å²) in [5.41, 5.74) is -2.80. The standard InChI is InChI=1S/C47H80O19/c1-20(8-9-28(65-40-36(59)33(56)31(54)24(16-48)62-40)43(4,5)66-41-37(60)34(57)32(55)25(17-49)63-41)29-22(51)15-45(7)26-14-21(50)38-42(2,3)27(64-39-35(58)30(53)23(52)18-61-39)10-11-47(38)19-46(26,47)13-12-44(29,45)6/h20-41,48-60H,8-19H2,1-7H3/t20-,21+,22+,23-,24-,25-,26+,27+,28+,29+,30+,31-,32-,33+,34+,35-,36-,37-,38+,39+,40+,41+,44-,45+,46+,47-/m1/s1. The molecule has 66 heavy (non-hydrogen) atoms. The van der Waals surface area contributed by atoms with Crippen molar-refractivity contribution in [1.82, 2.24) is 0 Å². The van der Waals surface area contributed by atoms with E-state index in [1.807, 2.05) is 0 Å². The van der Waals surface area contributed by atoms with E-state index in [1.54, 1.807) is 13.8 Å². The minimum absolute atomic E-state index is 0.0392. The van der Waals surface area contributed by atoms with Crippen LogP contribution in [0.2, 0.25) is 0 Å². The highest BCUT2D eigenvalue weighted by Gasteiger charge is 2.84. The first-order valence-electron chi connectivity index (χ1n) is 24.4. The molecule has 0 amide bonds. The second-order valence-corrected chi connectivity index (χ2v) is 23.5. The molecule has 5 saturated carbocycles. The number of hydrogen-bond acceptors (Lipinski definition) is 19. The Labute approximate surface area is 386 Å². The van der Waals surface area contributed by atoms with Gasteiger partial charge in [-0.25, -0.2) is 0 Å². The van der Waals surface area contributed by atoms with Crippen molar-refractivity contribution in [3.8, 4) is 0 Å². The van der Waals surface area contributed by atoms with Gasteiger partial charge in [0.05, 0.1) is 49.8 Å². The number of hydrogen-bond donors (Lipinski definition) is 13. The van der Waals surface area contributed by atoms with Crippen LogP contribution in [0.15, 0.2) is 0 Å². The first-order valence-corrected chi connectivity index (χ1v) is 24.4. The van der Waals surface area contributed by atoms with Gasteiger partial charge < -0.3 is 94.8 Å². The van der Waals surface area contributed by atoms with E-state index in [9.17, 15) is 66.4 Å². The fraction of sp³-hybridized carbons (Fsp3) is 1.00. The molecule has 3 saturated heterocycles. The van der Waals surface area contributed by atoms with E-state index in [1.165, 1.54) is 0 Å². The van der Waals surface area contributed by atoms with E-state index >= 15 is 0 Å². The lowest BCUT2D eigenvalue weighted by atomic mass is 9.41. The zero-order valence-corrected chi connectivity index (χ0v) is 39.5. The molecule has 8 aliphatic rings. The highest BCUT2D eigenvalue weighted by molar-refractivity contribution is 5.32. The van der Waals surface area contributed by atoms with Crippen LogP contribution in [0.5, 0.6) is 0 Å². The predicted octanol–water partition coefficient (Wildman–Crippen LogP) is -1.61. The molecule has 3 heterocycles. The fourth-order valence-corrected chi connectivity index (χ4v) is 15.9. The second-order valence-electron chi connectivity index (χ2n) is 23.5. The van der Waals surface area contributed by atoms with Crippen molar-refractivity contribution in [3.63, 3.8) is 0 Å². The third-order valence-electron chi connectivity index (χ3n) is 19.5. The van der Waals surface area contributed by atoms with Crippen molar-refractivity contribution in [2.75, 3.05) is 19.8 Å². The molecule has 0 bridgehead atoms. The summed E-state index contributed by atoms with van der Waals surface area (Å²) in [5, 5.41) is 140. The zero-order valence-electron chi connectivity index (χ0n) is 39.5. The summed E-state index contributed by atoms with van der Waals surface area (Å²) in [4.78, 5) is 0. The Kier molecular flexibility index (Phi) is 14.1. The Hall–Kier alpha value is -0.760. The van der Waals surface area contributed by atoms with Crippen LogP contribution in [0.1, 0.15) is 106 Å². The molecule has 19 heteroatoms. The van der Waals surface area contributed by atoms with Crippen molar-refractivity contribution in [1.29, 1.82) is 0 Å². The van der Waals surface area contributed by atoms with Gasteiger partial charge in [-0.2, -0.15) is 0 Å². The fourth-order valence-electron chi connectivity index (χ4n) is 15.9. The van der Waals surface area contributed by atoms with E-state index < -0.39 is 129 Å². The molecule has 8 rings (SSSR count). The molecule has 3 aliphatic heterocycles. The lowest BCUT2D eigenvalue weighted by molar-refractivity contribution is -0.355. The van der Waals surface area contributed by atoms with E-state index in [2.05, 4.69) is 34.6 Å². The summed E-state index contributed by atoms with van der Waals surface area (Å²) in [5.74, 6) is -0.270. The topological polar surface area (TPSA) is 318 Å². The molecule has 0 aromatic heterocycles. The van der Waals surface area contributed by atoms with Crippen LogP contribution in [0, 0.1) is 50.7 Å². The van der Waals surface area contributed by atoms with Gasteiger partial charge in [0.25, 0.3) is 0 Å². The molecule has 5 aliphatic carbocycles. The van der Waals surface area contributed by atoms with E-state index in [-0.39, 0.29) is 64.5 Å². The van der Waals surface area contributed by atoms with Crippen LogP contribution >= 0.6 is 0 Å². The Morgan fingerprint density at radius 3 is 1.85 bits per heavy atom. The summed E-state index contributed by atoms with van der Waals surface area (Å²) in [6.07, 6.45) is -17.5. The monoisotopic (exact) mass is 949 g/mol. The van der Waals surface area contributed by atoms with Gasteiger partial charge in [-0.1, -0.05) is 34.6 Å².